The van der Waals surface area contributed by atoms with Gasteiger partial charge in [0.25, 0.3) is 0 Å². The van der Waals surface area contributed by atoms with Crippen molar-refractivity contribution in [3.05, 3.63) is 24.4 Å². The average molecular weight is 249 g/mol. The van der Waals surface area contributed by atoms with E-state index in [1.54, 1.807) is 0 Å². The van der Waals surface area contributed by atoms with Crippen molar-refractivity contribution in [3.63, 3.8) is 0 Å². The van der Waals surface area contributed by atoms with Gasteiger partial charge in [-0.1, -0.05) is 6.07 Å². The molecule has 5 nitrogen and oxygen atoms in total. The predicted octanol–water partition coefficient (Wildman–Crippen LogP) is -0.0482. The molecule has 90 valence electrons. The van der Waals surface area contributed by atoms with Gasteiger partial charge in [0, 0.05) is 37.8 Å². The van der Waals surface area contributed by atoms with E-state index in [4.69, 9.17) is 18.1 Å². The second kappa shape index (κ2) is 3.82. The molecule has 0 atom stereocenters. The Hall–Kier alpha value is -1.40. The molecule has 0 amide bonds. The highest BCUT2D eigenvalue weighted by atomic mass is 32.1. The summed E-state index contributed by atoms with van der Waals surface area (Å²) < 4.78 is 0. The van der Waals surface area contributed by atoms with Crippen molar-refractivity contribution in [2.75, 3.05) is 31.1 Å². The quantitative estimate of drug-likeness (QED) is 0.413. The molecular weight excluding hydrogens is 234 g/mol. The molecule has 6 heteroatoms. The zero-order valence-corrected chi connectivity index (χ0v) is 10.3. The molecule has 2 aliphatic heterocycles. The number of hydrogen-bond acceptors (Lipinski definition) is 4. The van der Waals surface area contributed by atoms with Crippen LogP contribution in [0.4, 0.5) is 5.82 Å². The third kappa shape index (κ3) is 1.73. The van der Waals surface area contributed by atoms with Crippen LogP contribution < -0.4 is 16.2 Å². The monoisotopic (exact) mass is 249 g/mol. The number of nitrogens with one attached hydrogen (secondary N) is 1. The van der Waals surface area contributed by atoms with Gasteiger partial charge in [-0.05, 0) is 24.4 Å². The molecule has 0 radical (unpaired) electrons. The molecule has 1 aromatic rings. The number of likely N-dealkylation sites (tertiary alicyclic amines) is 1. The minimum Gasteiger partial charge on any atom is -0.355 e. The minimum atomic E-state index is 0.401. The fourth-order valence-corrected chi connectivity index (χ4v) is 2.79. The summed E-state index contributed by atoms with van der Waals surface area (Å²) in [5, 5.41) is 0.645. The van der Waals surface area contributed by atoms with Crippen LogP contribution in [0.25, 0.3) is 0 Å². The van der Waals surface area contributed by atoms with Crippen LogP contribution in [0.5, 0.6) is 0 Å². The van der Waals surface area contributed by atoms with Crippen molar-refractivity contribution in [1.29, 1.82) is 0 Å². The van der Waals surface area contributed by atoms with E-state index >= 15 is 0 Å². The van der Waals surface area contributed by atoms with Gasteiger partial charge in [0.05, 0.1) is 0 Å². The van der Waals surface area contributed by atoms with E-state index in [9.17, 15) is 0 Å². The Balaban J connectivity index is 1.55. The van der Waals surface area contributed by atoms with Crippen LogP contribution in [0.3, 0.4) is 0 Å². The number of pyridine rings is 1. The zero-order chi connectivity index (χ0) is 11.9. The summed E-state index contributed by atoms with van der Waals surface area (Å²) in [6.45, 7) is 4.13. The third-order valence-corrected chi connectivity index (χ3v) is 3.87. The summed E-state index contributed by atoms with van der Waals surface area (Å²) in [4.78, 5) is 8.75. The maximum absolute atomic E-state index is 5.30. The van der Waals surface area contributed by atoms with Crippen LogP contribution >= 0.6 is 12.2 Å². The molecule has 2 aliphatic rings. The van der Waals surface area contributed by atoms with Gasteiger partial charge in [-0.25, -0.2) is 10.8 Å². The first-order chi connectivity index (χ1) is 8.22. The van der Waals surface area contributed by atoms with Crippen molar-refractivity contribution < 1.29 is 0 Å². The number of rotatable bonds is 1. The van der Waals surface area contributed by atoms with Crippen LogP contribution in [0, 0.1) is 5.41 Å². The number of aromatic nitrogens is 1. The van der Waals surface area contributed by atoms with Crippen LogP contribution in [0.15, 0.2) is 24.4 Å². The van der Waals surface area contributed by atoms with E-state index in [0.29, 0.717) is 10.5 Å². The largest absolute Gasteiger partial charge is 0.355 e. The Labute approximate surface area is 106 Å². The van der Waals surface area contributed by atoms with Gasteiger partial charge in [-0.3, -0.25) is 0 Å². The lowest BCUT2D eigenvalue weighted by Crippen LogP contribution is -2.74. The zero-order valence-electron chi connectivity index (χ0n) is 9.47. The molecule has 0 aromatic carbocycles. The van der Waals surface area contributed by atoms with Crippen molar-refractivity contribution in [1.82, 2.24) is 15.3 Å². The highest BCUT2D eigenvalue weighted by molar-refractivity contribution is 7.80. The van der Waals surface area contributed by atoms with Crippen LogP contribution in [-0.2, 0) is 0 Å². The molecule has 0 unspecified atom stereocenters. The van der Waals surface area contributed by atoms with Crippen LogP contribution in [0.2, 0.25) is 0 Å². The lowest BCUT2D eigenvalue weighted by atomic mass is 9.73. The summed E-state index contributed by atoms with van der Waals surface area (Å²) >= 11 is 5.09. The van der Waals surface area contributed by atoms with Crippen molar-refractivity contribution >= 4 is 23.1 Å². The molecule has 3 heterocycles. The Morgan fingerprint density at radius 2 is 2.12 bits per heavy atom. The molecule has 0 bridgehead atoms. The highest BCUT2D eigenvalue weighted by Crippen LogP contribution is 2.41. The topological polar surface area (TPSA) is 57.4 Å². The average Bonchev–Trinajstić information content (AvgIpc) is 2.26. The molecule has 2 saturated heterocycles. The molecule has 0 saturated carbocycles. The molecule has 17 heavy (non-hydrogen) atoms. The van der Waals surface area contributed by atoms with E-state index < -0.39 is 0 Å². The van der Waals surface area contributed by atoms with Crippen molar-refractivity contribution in [2.45, 2.75) is 0 Å². The number of anilines is 1. The first-order valence-corrected chi connectivity index (χ1v) is 6.05. The first-order valence-electron chi connectivity index (χ1n) is 5.64. The maximum atomic E-state index is 5.30. The Morgan fingerprint density at radius 3 is 2.71 bits per heavy atom. The highest BCUT2D eigenvalue weighted by Gasteiger charge is 2.52. The number of thiocarbonyl (C=S) groups is 1. The van der Waals surface area contributed by atoms with Crippen molar-refractivity contribution in [2.24, 2.45) is 11.3 Å². The number of hydrazine groups is 1. The molecule has 2 fully saturated rings. The summed E-state index contributed by atoms with van der Waals surface area (Å²) in [5.74, 6) is 6.36. The fraction of sp³-hybridized carbons (Fsp3) is 0.455. The minimum absolute atomic E-state index is 0.401. The first kappa shape index (κ1) is 10.7. The lowest BCUT2D eigenvalue weighted by Gasteiger charge is -2.60. The molecule has 3 rings (SSSR count). The lowest BCUT2D eigenvalue weighted by molar-refractivity contribution is 0.0283. The van der Waals surface area contributed by atoms with Crippen LogP contribution in [-0.4, -0.2) is 41.2 Å². The number of nitrogens with zero attached hydrogens (tertiary/aromatic N) is 3. The van der Waals surface area contributed by atoms with Crippen LogP contribution in [0.1, 0.15) is 0 Å². The molecule has 1 aromatic heterocycles. The van der Waals surface area contributed by atoms with Gasteiger partial charge in [0.1, 0.15) is 5.82 Å². The van der Waals surface area contributed by atoms with Gasteiger partial charge >= 0.3 is 0 Å². The molecular formula is C11H15N5S. The summed E-state index contributed by atoms with van der Waals surface area (Å²) in [6, 6.07) is 6.01. The Bertz CT molecular complexity index is 421. The summed E-state index contributed by atoms with van der Waals surface area (Å²) in [6.07, 6.45) is 1.83. The van der Waals surface area contributed by atoms with Gasteiger partial charge in [0.2, 0.25) is 0 Å². The normalized spacial score (nSPS) is 20.8. The SMILES string of the molecule is NNC(=S)N1CC2(C1)CN(c1ccccn1)C2. The van der Waals surface area contributed by atoms with E-state index in [1.165, 1.54) is 0 Å². The third-order valence-electron chi connectivity index (χ3n) is 3.49. The Kier molecular flexibility index (Phi) is 2.41. The second-order valence-electron chi connectivity index (χ2n) is 4.85. The van der Waals surface area contributed by atoms with Gasteiger partial charge < -0.3 is 15.2 Å². The summed E-state index contributed by atoms with van der Waals surface area (Å²) in [7, 11) is 0. The molecule has 3 N–H and O–H groups in total. The smallest absolute Gasteiger partial charge is 0.183 e. The fourth-order valence-electron chi connectivity index (χ4n) is 2.66. The van der Waals surface area contributed by atoms with Crippen molar-refractivity contribution in [3.8, 4) is 0 Å². The molecule has 1 spiro atoms. The van der Waals surface area contributed by atoms with E-state index in [-0.39, 0.29) is 0 Å². The van der Waals surface area contributed by atoms with E-state index in [2.05, 4.69) is 26.3 Å². The second-order valence-corrected chi connectivity index (χ2v) is 5.24. The number of nitrogens with two attached hydrogens (primary N) is 1. The Morgan fingerprint density at radius 1 is 1.35 bits per heavy atom. The van der Waals surface area contributed by atoms with E-state index in [1.807, 2.05) is 18.3 Å². The molecule has 0 aliphatic carbocycles. The maximum Gasteiger partial charge on any atom is 0.183 e. The number of hydrogen-bond donors (Lipinski definition) is 2. The standard InChI is InChI=1S/C11H15N5S/c12-14-10(17)16-7-11(8-16)5-15(6-11)9-3-1-2-4-13-9/h1-4H,5-8,12H2,(H,14,17). The van der Waals surface area contributed by atoms with Gasteiger partial charge in [-0.15, -0.1) is 0 Å². The van der Waals surface area contributed by atoms with Gasteiger partial charge in [-0.2, -0.15) is 0 Å². The predicted molar refractivity (Wildman–Crippen MR) is 70.4 cm³/mol. The van der Waals surface area contributed by atoms with Gasteiger partial charge in [0.15, 0.2) is 5.11 Å². The summed E-state index contributed by atoms with van der Waals surface area (Å²) in [5.41, 5.74) is 2.93. The van der Waals surface area contributed by atoms with E-state index in [0.717, 1.165) is 32.0 Å².